The number of carbonyl (C=O) groups is 1. The van der Waals surface area contributed by atoms with Crippen molar-refractivity contribution in [3.63, 3.8) is 0 Å². The molecule has 0 bridgehead atoms. The number of amides is 1. The Morgan fingerprint density at radius 2 is 1.77 bits per heavy atom. The van der Waals surface area contributed by atoms with E-state index in [1.165, 1.54) is 4.90 Å². The van der Waals surface area contributed by atoms with Gasteiger partial charge in [0, 0.05) is 29.2 Å². The minimum Gasteiger partial charge on any atom is -0.356 e. The van der Waals surface area contributed by atoms with Crippen LogP contribution in [0.1, 0.15) is 33.9 Å². The molecule has 26 heavy (non-hydrogen) atoms. The van der Waals surface area contributed by atoms with E-state index in [4.69, 9.17) is 11.6 Å². The predicted molar refractivity (Wildman–Crippen MR) is 88.9 cm³/mol. The molecule has 1 amide bonds. The summed E-state index contributed by atoms with van der Waals surface area (Å²) in [6.45, 7) is 1.54. The zero-order valence-corrected chi connectivity index (χ0v) is 14.3. The van der Waals surface area contributed by atoms with Crippen molar-refractivity contribution in [2.24, 2.45) is 0 Å². The molecule has 0 spiro atoms. The van der Waals surface area contributed by atoms with Gasteiger partial charge in [-0.1, -0.05) is 11.6 Å². The maximum absolute atomic E-state index is 13.1. The molecular formula is C17H14ClF3N4O. The highest BCUT2D eigenvalue weighted by Gasteiger charge is 2.39. The van der Waals surface area contributed by atoms with E-state index in [-0.39, 0.29) is 24.7 Å². The Morgan fingerprint density at radius 3 is 2.35 bits per heavy atom. The van der Waals surface area contributed by atoms with Crippen LogP contribution in [0.4, 0.5) is 19.0 Å². The van der Waals surface area contributed by atoms with Crippen molar-refractivity contribution in [1.82, 2.24) is 14.9 Å². The molecule has 1 aromatic carbocycles. The standard InChI is InChI=1S/C17H14ClF3N4O/c18-11-4-2-10(3-5-11)15(26)25-8-12-13(9-25)22-16(17(19,20)21)23-14(12)24-6-1-7-24/h2-5H,1,6-9H2. The summed E-state index contributed by atoms with van der Waals surface area (Å²) in [4.78, 5) is 23.4. The molecule has 1 saturated heterocycles. The molecular weight excluding hydrogens is 369 g/mol. The second-order valence-electron chi connectivity index (χ2n) is 6.30. The molecule has 1 aromatic heterocycles. The average molecular weight is 383 g/mol. The van der Waals surface area contributed by atoms with Gasteiger partial charge in [-0.25, -0.2) is 9.97 Å². The SMILES string of the molecule is O=C(c1ccc(Cl)cc1)N1Cc2nc(C(F)(F)F)nc(N3CCC3)c2C1. The molecule has 5 nitrogen and oxygen atoms in total. The number of halogens is 4. The van der Waals surface area contributed by atoms with Gasteiger partial charge in [-0.2, -0.15) is 13.2 Å². The number of fused-ring (bicyclic) bond motifs is 1. The van der Waals surface area contributed by atoms with E-state index in [1.54, 1.807) is 29.2 Å². The maximum atomic E-state index is 13.1. The molecule has 2 aliphatic rings. The van der Waals surface area contributed by atoms with Crippen molar-refractivity contribution in [2.45, 2.75) is 25.7 Å². The Bertz CT molecular complexity index is 866. The smallest absolute Gasteiger partial charge is 0.356 e. The number of benzene rings is 1. The van der Waals surface area contributed by atoms with Crippen molar-refractivity contribution in [3.05, 3.63) is 51.9 Å². The predicted octanol–water partition coefficient (Wildman–Crippen LogP) is 3.51. The van der Waals surface area contributed by atoms with Gasteiger partial charge in [-0.15, -0.1) is 0 Å². The number of rotatable bonds is 2. The number of alkyl halides is 3. The number of anilines is 1. The van der Waals surface area contributed by atoms with E-state index < -0.39 is 12.0 Å². The molecule has 0 atom stereocenters. The highest BCUT2D eigenvalue weighted by molar-refractivity contribution is 6.30. The largest absolute Gasteiger partial charge is 0.451 e. The summed E-state index contributed by atoms with van der Waals surface area (Å²) in [6.07, 6.45) is -3.71. The van der Waals surface area contributed by atoms with Gasteiger partial charge in [0.25, 0.3) is 5.91 Å². The normalized spacial score (nSPS) is 16.5. The second kappa shape index (κ2) is 6.12. The van der Waals surface area contributed by atoms with Crippen LogP contribution in [0.15, 0.2) is 24.3 Å². The molecule has 0 radical (unpaired) electrons. The first-order valence-electron chi connectivity index (χ1n) is 8.10. The van der Waals surface area contributed by atoms with Gasteiger partial charge in [0.05, 0.1) is 18.8 Å². The Morgan fingerprint density at radius 1 is 1.08 bits per heavy atom. The van der Waals surface area contributed by atoms with Crippen molar-refractivity contribution in [3.8, 4) is 0 Å². The lowest BCUT2D eigenvalue weighted by atomic mass is 10.1. The van der Waals surface area contributed by atoms with Crippen molar-refractivity contribution >= 4 is 23.3 Å². The molecule has 0 unspecified atom stereocenters. The zero-order valence-electron chi connectivity index (χ0n) is 13.6. The van der Waals surface area contributed by atoms with Gasteiger partial charge in [-0.05, 0) is 30.7 Å². The fourth-order valence-electron chi connectivity index (χ4n) is 3.07. The average Bonchev–Trinajstić information content (AvgIpc) is 2.96. The van der Waals surface area contributed by atoms with Gasteiger partial charge in [0.2, 0.25) is 5.82 Å². The summed E-state index contributed by atoms with van der Waals surface area (Å²) in [5.41, 5.74) is 1.29. The van der Waals surface area contributed by atoms with Crippen molar-refractivity contribution in [2.75, 3.05) is 18.0 Å². The van der Waals surface area contributed by atoms with E-state index >= 15 is 0 Å². The number of nitrogens with zero attached hydrogens (tertiary/aromatic N) is 4. The Hall–Kier alpha value is -2.35. The van der Waals surface area contributed by atoms with Crippen LogP contribution in [0, 0.1) is 0 Å². The summed E-state index contributed by atoms with van der Waals surface area (Å²) in [6, 6.07) is 6.39. The van der Waals surface area contributed by atoms with Crippen molar-refractivity contribution < 1.29 is 18.0 Å². The van der Waals surface area contributed by atoms with Crippen LogP contribution in [-0.4, -0.2) is 33.9 Å². The molecule has 1 fully saturated rings. The zero-order chi connectivity index (χ0) is 18.5. The Balaban J connectivity index is 1.67. The first-order valence-corrected chi connectivity index (χ1v) is 8.47. The molecule has 0 N–H and O–H groups in total. The number of hydrogen-bond acceptors (Lipinski definition) is 4. The fraction of sp³-hybridized carbons (Fsp3) is 0.353. The van der Waals surface area contributed by atoms with Crippen LogP contribution in [0.2, 0.25) is 5.02 Å². The second-order valence-corrected chi connectivity index (χ2v) is 6.74. The van der Waals surface area contributed by atoms with E-state index in [9.17, 15) is 18.0 Å². The van der Waals surface area contributed by atoms with E-state index in [0.717, 1.165) is 6.42 Å². The third kappa shape index (κ3) is 2.98. The lowest BCUT2D eigenvalue weighted by Gasteiger charge is -2.33. The molecule has 9 heteroatoms. The highest BCUT2D eigenvalue weighted by Crippen LogP contribution is 2.36. The van der Waals surface area contributed by atoms with E-state index in [0.29, 0.717) is 35.1 Å². The van der Waals surface area contributed by atoms with Crippen LogP contribution in [0.5, 0.6) is 0 Å². The summed E-state index contributed by atoms with van der Waals surface area (Å²) in [7, 11) is 0. The van der Waals surface area contributed by atoms with E-state index in [2.05, 4.69) is 9.97 Å². The highest BCUT2D eigenvalue weighted by atomic mass is 35.5. The van der Waals surface area contributed by atoms with Gasteiger partial charge in [0.15, 0.2) is 0 Å². The van der Waals surface area contributed by atoms with E-state index in [1.807, 2.05) is 0 Å². The maximum Gasteiger partial charge on any atom is 0.451 e. The van der Waals surface area contributed by atoms with Crippen LogP contribution >= 0.6 is 11.6 Å². The molecule has 0 saturated carbocycles. The number of hydrogen-bond donors (Lipinski definition) is 0. The lowest BCUT2D eigenvalue weighted by molar-refractivity contribution is -0.145. The van der Waals surface area contributed by atoms with Crippen molar-refractivity contribution in [1.29, 1.82) is 0 Å². The third-order valence-corrected chi connectivity index (χ3v) is 4.80. The third-order valence-electron chi connectivity index (χ3n) is 4.55. The minimum atomic E-state index is -4.62. The van der Waals surface area contributed by atoms with Gasteiger partial charge in [0.1, 0.15) is 5.82 Å². The first-order chi connectivity index (χ1) is 12.3. The van der Waals surface area contributed by atoms with Crippen LogP contribution in [0.3, 0.4) is 0 Å². The summed E-state index contributed by atoms with van der Waals surface area (Å²) in [5.74, 6) is -1.14. The fourth-order valence-corrected chi connectivity index (χ4v) is 3.20. The molecule has 4 rings (SSSR count). The molecule has 0 aliphatic carbocycles. The Labute approximate surface area is 152 Å². The first kappa shape index (κ1) is 17.1. The summed E-state index contributed by atoms with van der Waals surface area (Å²) >= 11 is 5.83. The number of carbonyl (C=O) groups excluding carboxylic acids is 1. The Kier molecular flexibility index (Phi) is 4.02. The lowest BCUT2D eigenvalue weighted by Crippen LogP contribution is -2.39. The number of aromatic nitrogens is 2. The van der Waals surface area contributed by atoms with Crippen LogP contribution < -0.4 is 4.90 Å². The van der Waals surface area contributed by atoms with Gasteiger partial charge < -0.3 is 9.80 Å². The van der Waals surface area contributed by atoms with Crippen LogP contribution in [0.25, 0.3) is 0 Å². The topological polar surface area (TPSA) is 49.3 Å². The quantitative estimate of drug-likeness (QED) is 0.797. The summed E-state index contributed by atoms with van der Waals surface area (Å²) in [5, 5.41) is 0.506. The summed E-state index contributed by atoms with van der Waals surface area (Å²) < 4.78 is 39.4. The molecule has 2 aromatic rings. The molecule has 3 heterocycles. The van der Waals surface area contributed by atoms with Crippen LogP contribution in [-0.2, 0) is 19.3 Å². The van der Waals surface area contributed by atoms with Gasteiger partial charge >= 0.3 is 6.18 Å². The molecule has 136 valence electrons. The minimum absolute atomic E-state index is 0.0310. The monoisotopic (exact) mass is 382 g/mol. The van der Waals surface area contributed by atoms with Gasteiger partial charge in [-0.3, -0.25) is 4.79 Å². The molecule has 2 aliphatic heterocycles.